The number of aromatic nitrogens is 3. The monoisotopic (exact) mass is 238 g/mol. The minimum Gasteiger partial charge on any atom is -0.480 e. The van der Waals surface area contributed by atoms with Gasteiger partial charge in [0, 0.05) is 18.6 Å². The average Bonchev–Trinajstić information content (AvgIpc) is 2.84. The molecule has 2 aromatic rings. The normalized spacial score (nSPS) is 12.6. The molecule has 0 aliphatic carbocycles. The Kier molecular flexibility index (Phi) is 2.71. The summed E-state index contributed by atoms with van der Waals surface area (Å²) in [5.41, 5.74) is 6.53. The minimum absolute atomic E-state index is 0.359. The summed E-state index contributed by atoms with van der Waals surface area (Å²) in [6, 6.07) is 0.739. The predicted octanol–water partition coefficient (Wildman–Crippen LogP) is 0.628. The maximum absolute atomic E-state index is 10.7. The number of thiazole rings is 1. The summed E-state index contributed by atoms with van der Waals surface area (Å²) in [7, 11) is 1.81. The van der Waals surface area contributed by atoms with Crippen LogP contribution in [0, 0.1) is 0 Å². The zero-order valence-corrected chi connectivity index (χ0v) is 9.31. The Balaban J connectivity index is 2.29. The van der Waals surface area contributed by atoms with Gasteiger partial charge in [-0.2, -0.15) is 5.10 Å². The van der Waals surface area contributed by atoms with Crippen molar-refractivity contribution in [3.05, 3.63) is 23.3 Å². The topological polar surface area (TPSA) is 94.0 Å². The van der Waals surface area contributed by atoms with E-state index in [2.05, 4.69) is 10.1 Å². The van der Waals surface area contributed by atoms with Crippen molar-refractivity contribution in [1.82, 2.24) is 14.8 Å². The van der Waals surface area contributed by atoms with Crippen molar-refractivity contribution in [2.75, 3.05) is 0 Å². The van der Waals surface area contributed by atoms with Crippen molar-refractivity contribution in [1.29, 1.82) is 0 Å². The first-order valence-corrected chi connectivity index (χ1v) is 5.39. The maximum Gasteiger partial charge on any atom is 0.326 e. The molecule has 0 fully saturated rings. The van der Waals surface area contributed by atoms with Crippen molar-refractivity contribution in [2.24, 2.45) is 12.8 Å². The molecular weight excluding hydrogens is 228 g/mol. The van der Waals surface area contributed by atoms with E-state index in [0.717, 1.165) is 5.69 Å². The molecule has 0 aromatic carbocycles. The molecule has 2 rings (SSSR count). The van der Waals surface area contributed by atoms with E-state index < -0.39 is 12.0 Å². The van der Waals surface area contributed by atoms with Gasteiger partial charge in [-0.1, -0.05) is 0 Å². The molecule has 6 nitrogen and oxygen atoms in total. The fourth-order valence-electron chi connectivity index (χ4n) is 1.20. The molecule has 0 amide bonds. The average molecular weight is 238 g/mol. The number of aliphatic carboxylic acids is 1. The zero-order valence-electron chi connectivity index (χ0n) is 8.49. The lowest BCUT2D eigenvalue weighted by Gasteiger charge is -1.99. The van der Waals surface area contributed by atoms with Gasteiger partial charge >= 0.3 is 5.97 Å². The summed E-state index contributed by atoms with van der Waals surface area (Å²) in [4.78, 5) is 14.8. The fourth-order valence-corrected chi connectivity index (χ4v) is 2.02. The Morgan fingerprint density at radius 1 is 1.69 bits per heavy atom. The molecule has 0 radical (unpaired) electrons. The largest absolute Gasteiger partial charge is 0.480 e. The number of rotatable bonds is 3. The number of carbonyl (C=O) groups is 1. The molecule has 7 heteroatoms. The Bertz CT molecular complexity index is 519. The van der Waals surface area contributed by atoms with E-state index in [0.29, 0.717) is 10.7 Å². The second-order valence-electron chi connectivity index (χ2n) is 3.27. The van der Waals surface area contributed by atoms with E-state index in [4.69, 9.17) is 10.8 Å². The van der Waals surface area contributed by atoms with Crippen molar-refractivity contribution < 1.29 is 9.90 Å². The van der Waals surface area contributed by atoms with Crippen LogP contribution in [-0.4, -0.2) is 25.8 Å². The van der Waals surface area contributed by atoms with E-state index >= 15 is 0 Å². The first kappa shape index (κ1) is 10.8. The number of carboxylic acid groups (broad SMARTS) is 1. The molecule has 0 saturated carbocycles. The molecule has 84 valence electrons. The summed E-state index contributed by atoms with van der Waals surface area (Å²) in [5, 5.41) is 15.2. The van der Waals surface area contributed by atoms with E-state index in [1.54, 1.807) is 23.3 Å². The van der Waals surface area contributed by atoms with Crippen LogP contribution < -0.4 is 5.73 Å². The van der Waals surface area contributed by atoms with E-state index in [9.17, 15) is 4.79 Å². The van der Waals surface area contributed by atoms with Crippen LogP contribution in [0.1, 0.15) is 11.7 Å². The van der Waals surface area contributed by atoms with Gasteiger partial charge in [0.25, 0.3) is 0 Å². The van der Waals surface area contributed by atoms with Crippen LogP contribution >= 0.6 is 11.3 Å². The molecule has 0 saturated heterocycles. The van der Waals surface area contributed by atoms with Gasteiger partial charge in [-0.3, -0.25) is 9.48 Å². The lowest BCUT2D eigenvalue weighted by molar-refractivity contribution is -0.138. The Morgan fingerprint density at radius 2 is 2.44 bits per heavy atom. The number of nitrogens with two attached hydrogens (primary N) is 1. The highest BCUT2D eigenvalue weighted by atomic mass is 32.1. The van der Waals surface area contributed by atoms with Gasteiger partial charge in [-0.15, -0.1) is 11.3 Å². The van der Waals surface area contributed by atoms with Crippen LogP contribution in [0.5, 0.6) is 0 Å². The number of hydrogen-bond acceptors (Lipinski definition) is 5. The van der Waals surface area contributed by atoms with E-state index in [1.807, 2.05) is 6.07 Å². The van der Waals surface area contributed by atoms with Crippen molar-refractivity contribution in [2.45, 2.75) is 6.04 Å². The lowest BCUT2D eigenvalue weighted by Crippen LogP contribution is -2.20. The van der Waals surface area contributed by atoms with Crippen LogP contribution in [0.4, 0.5) is 0 Å². The third-order valence-electron chi connectivity index (χ3n) is 2.04. The van der Waals surface area contributed by atoms with Gasteiger partial charge < -0.3 is 10.8 Å². The van der Waals surface area contributed by atoms with Crippen molar-refractivity contribution in [3.63, 3.8) is 0 Å². The van der Waals surface area contributed by atoms with Gasteiger partial charge in [-0.05, 0) is 6.07 Å². The fraction of sp³-hybridized carbons (Fsp3) is 0.222. The summed E-state index contributed by atoms with van der Waals surface area (Å²) >= 11 is 1.33. The number of hydrogen-bond donors (Lipinski definition) is 2. The molecule has 16 heavy (non-hydrogen) atoms. The predicted molar refractivity (Wildman–Crippen MR) is 58.9 cm³/mol. The number of nitrogens with zero attached hydrogens (tertiary/aromatic N) is 3. The molecule has 1 atom stereocenters. The van der Waals surface area contributed by atoms with E-state index in [-0.39, 0.29) is 0 Å². The van der Waals surface area contributed by atoms with Crippen LogP contribution in [0.25, 0.3) is 10.7 Å². The molecule has 3 N–H and O–H groups in total. The summed E-state index contributed by atoms with van der Waals surface area (Å²) in [6.45, 7) is 0. The molecular formula is C9H10N4O2S. The quantitative estimate of drug-likeness (QED) is 0.817. The van der Waals surface area contributed by atoms with Crippen molar-refractivity contribution >= 4 is 17.3 Å². The smallest absolute Gasteiger partial charge is 0.326 e. The van der Waals surface area contributed by atoms with Gasteiger partial charge in [0.1, 0.15) is 16.7 Å². The Morgan fingerprint density at radius 3 is 3.00 bits per heavy atom. The molecule has 2 aromatic heterocycles. The van der Waals surface area contributed by atoms with Crippen molar-refractivity contribution in [3.8, 4) is 10.7 Å². The SMILES string of the molecule is Cn1ccc(-c2nc(C(N)C(=O)O)cs2)n1. The van der Waals surface area contributed by atoms with Gasteiger partial charge in [0.05, 0.1) is 5.69 Å². The second-order valence-corrected chi connectivity index (χ2v) is 4.13. The Labute approximate surface area is 95.3 Å². The molecule has 0 spiro atoms. The maximum atomic E-state index is 10.7. The molecule has 2 heterocycles. The molecule has 0 bridgehead atoms. The van der Waals surface area contributed by atoms with Crippen LogP contribution in [0.2, 0.25) is 0 Å². The van der Waals surface area contributed by atoms with Crippen LogP contribution in [0.15, 0.2) is 17.6 Å². The molecule has 0 aliphatic rings. The standard InChI is InChI=1S/C9H10N4O2S/c1-13-3-2-5(12-13)8-11-6(4-16-8)7(10)9(14)15/h2-4,7H,10H2,1H3,(H,14,15). The molecule has 0 aliphatic heterocycles. The highest BCUT2D eigenvalue weighted by Gasteiger charge is 2.18. The lowest BCUT2D eigenvalue weighted by atomic mass is 10.2. The van der Waals surface area contributed by atoms with Crippen LogP contribution in [-0.2, 0) is 11.8 Å². The van der Waals surface area contributed by atoms with Gasteiger partial charge in [0.2, 0.25) is 0 Å². The number of carboxylic acids is 1. The Hall–Kier alpha value is -1.73. The zero-order chi connectivity index (χ0) is 11.7. The minimum atomic E-state index is -1.09. The first-order valence-electron chi connectivity index (χ1n) is 4.52. The third-order valence-corrected chi connectivity index (χ3v) is 2.92. The van der Waals surface area contributed by atoms with Gasteiger partial charge in [0.15, 0.2) is 0 Å². The summed E-state index contributed by atoms with van der Waals surface area (Å²) in [5.74, 6) is -1.09. The second kappa shape index (κ2) is 4.03. The first-order chi connectivity index (χ1) is 7.58. The number of aryl methyl sites for hydroxylation is 1. The highest BCUT2D eigenvalue weighted by molar-refractivity contribution is 7.13. The highest BCUT2D eigenvalue weighted by Crippen LogP contribution is 2.24. The third kappa shape index (κ3) is 1.95. The van der Waals surface area contributed by atoms with E-state index in [1.165, 1.54) is 11.3 Å². The summed E-state index contributed by atoms with van der Waals surface area (Å²) in [6.07, 6.45) is 1.80. The summed E-state index contributed by atoms with van der Waals surface area (Å²) < 4.78 is 1.66. The molecule has 1 unspecified atom stereocenters. The van der Waals surface area contributed by atoms with Gasteiger partial charge in [-0.25, -0.2) is 4.98 Å². The van der Waals surface area contributed by atoms with Crippen LogP contribution in [0.3, 0.4) is 0 Å².